The predicted octanol–water partition coefficient (Wildman–Crippen LogP) is 4.52. The van der Waals surface area contributed by atoms with Crippen LogP contribution in [0, 0.1) is 11.2 Å². The Morgan fingerprint density at radius 2 is 2.11 bits per heavy atom. The van der Waals surface area contributed by atoms with Gasteiger partial charge in [-0.2, -0.15) is 5.10 Å². The zero-order chi connectivity index (χ0) is 19.2. The van der Waals surface area contributed by atoms with Gasteiger partial charge < -0.3 is 4.90 Å². The molecule has 1 aliphatic heterocycles. The van der Waals surface area contributed by atoms with E-state index in [0.717, 1.165) is 24.5 Å². The fourth-order valence-electron chi connectivity index (χ4n) is 4.60. The van der Waals surface area contributed by atoms with Gasteiger partial charge in [-0.15, -0.1) is 0 Å². The number of carbonyl (C=O) groups is 1. The van der Waals surface area contributed by atoms with E-state index in [0.29, 0.717) is 18.7 Å². The van der Waals surface area contributed by atoms with Gasteiger partial charge in [0.1, 0.15) is 11.6 Å². The van der Waals surface area contributed by atoms with Gasteiger partial charge in [-0.05, 0) is 36.5 Å². The lowest BCUT2D eigenvalue weighted by atomic mass is 9.76. The largest absolute Gasteiger partial charge is 0.337 e. The highest BCUT2D eigenvalue weighted by Crippen LogP contribution is 2.53. The van der Waals surface area contributed by atoms with Gasteiger partial charge in [0.15, 0.2) is 5.82 Å². The van der Waals surface area contributed by atoms with Crippen LogP contribution < -0.4 is 0 Å². The minimum absolute atomic E-state index is 0.0241. The monoisotopic (exact) mass is 390 g/mol. The van der Waals surface area contributed by atoms with Crippen molar-refractivity contribution in [2.24, 2.45) is 5.41 Å². The molecule has 2 fully saturated rings. The molecule has 2 heterocycles. The summed E-state index contributed by atoms with van der Waals surface area (Å²) in [7, 11) is 0. The minimum atomic E-state index is -0.511. The van der Waals surface area contributed by atoms with Crippen LogP contribution in [-0.2, 0) is 0 Å². The van der Waals surface area contributed by atoms with Gasteiger partial charge in [-0.25, -0.2) is 9.37 Å². The van der Waals surface area contributed by atoms with Crippen molar-refractivity contribution >= 4 is 17.5 Å². The Balaban J connectivity index is 1.62. The van der Waals surface area contributed by atoms with Crippen molar-refractivity contribution < 1.29 is 9.18 Å². The van der Waals surface area contributed by atoms with E-state index in [4.69, 9.17) is 16.6 Å². The number of hydrogen-bond acceptors (Lipinski definition) is 3. The van der Waals surface area contributed by atoms with Crippen LogP contribution in [0.5, 0.6) is 0 Å². The molecule has 2 aromatic rings. The zero-order valence-electron chi connectivity index (χ0n) is 15.6. The average Bonchev–Trinajstić information content (AvgIpc) is 3.37. The van der Waals surface area contributed by atoms with Gasteiger partial charge in [0, 0.05) is 30.5 Å². The lowest BCUT2D eigenvalue weighted by Gasteiger charge is -2.28. The van der Waals surface area contributed by atoms with Crippen LogP contribution in [0.1, 0.15) is 73.4 Å². The van der Waals surface area contributed by atoms with Gasteiger partial charge in [-0.3, -0.25) is 9.89 Å². The summed E-state index contributed by atoms with van der Waals surface area (Å²) in [6.45, 7) is 5.44. The number of nitrogens with zero attached hydrogens (tertiary/aromatic N) is 3. The Morgan fingerprint density at radius 3 is 2.74 bits per heavy atom. The SMILES string of the molecule is CC(C)c1n[nH]c(C2CN(C(=O)c3ccc(F)c(Cl)c3)CC23CCCC3)n1. The lowest BCUT2D eigenvalue weighted by Crippen LogP contribution is -2.31. The maximum Gasteiger partial charge on any atom is 0.253 e. The normalized spacial score (nSPS) is 21.5. The Kier molecular flexibility index (Phi) is 4.70. The number of halogens is 2. The Bertz CT molecular complexity index is 859. The van der Waals surface area contributed by atoms with Crippen molar-refractivity contribution in [1.29, 1.82) is 0 Å². The first-order valence-corrected chi connectivity index (χ1v) is 9.94. The van der Waals surface area contributed by atoms with E-state index < -0.39 is 5.82 Å². The Hall–Kier alpha value is -1.95. The molecule has 2 aliphatic rings. The first-order valence-electron chi connectivity index (χ1n) is 9.56. The summed E-state index contributed by atoms with van der Waals surface area (Å²) in [6, 6.07) is 4.17. The van der Waals surface area contributed by atoms with Gasteiger partial charge in [0.25, 0.3) is 5.91 Å². The van der Waals surface area contributed by atoms with Crippen molar-refractivity contribution in [3.63, 3.8) is 0 Å². The highest BCUT2D eigenvalue weighted by Gasteiger charge is 2.51. The summed E-state index contributed by atoms with van der Waals surface area (Å²) in [6.07, 6.45) is 4.52. The maximum atomic E-state index is 13.5. The summed E-state index contributed by atoms with van der Waals surface area (Å²) < 4.78 is 13.5. The van der Waals surface area contributed by atoms with Crippen LogP contribution in [0.4, 0.5) is 4.39 Å². The summed E-state index contributed by atoms with van der Waals surface area (Å²) in [5.74, 6) is 1.49. The second kappa shape index (κ2) is 6.89. The van der Waals surface area contributed by atoms with Gasteiger partial charge in [0.05, 0.1) is 5.02 Å². The van der Waals surface area contributed by atoms with Crippen LogP contribution in [0.15, 0.2) is 18.2 Å². The molecule has 1 spiro atoms. The summed E-state index contributed by atoms with van der Waals surface area (Å²) in [5.41, 5.74) is 0.475. The van der Waals surface area contributed by atoms with Crippen LogP contribution in [0.3, 0.4) is 0 Å². The standard InChI is InChI=1S/C20H24ClFN4O/c1-12(2)17-23-18(25-24-17)14-10-26(11-20(14)7-3-4-8-20)19(27)13-5-6-16(22)15(21)9-13/h5-6,9,12,14H,3-4,7-8,10-11H2,1-2H3,(H,23,24,25). The summed E-state index contributed by atoms with van der Waals surface area (Å²) in [5, 5.41) is 7.47. The molecule has 7 heteroatoms. The highest BCUT2D eigenvalue weighted by molar-refractivity contribution is 6.31. The van der Waals surface area contributed by atoms with E-state index in [1.165, 1.54) is 31.0 Å². The van der Waals surface area contributed by atoms with Crippen molar-refractivity contribution in [2.45, 2.75) is 51.4 Å². The molecule has 144 valence electrons. The number of aromatic amines is 1. The molecule has 0 radical (unpaired) electrons. The van der Waals surface area contributed by atoms with Crippen LogP contribution >= 0.6 is 11.6 Å². The highest BCUT2D eigenvalue weighted by atomic mass is 35.5. The van der Waals surface area contributed by atoms with Crippen LogP contribution in [-0.4, -0.2) is 39.1 Å². The predicted molar refractivity (Wildman–Crippen MR) is 101 cm³/mol. The smallest absolute Gasteiger partial charge is 0.253 e. The Morgan fingerprint density at radius 1 is 1.37 bits per heavy atom. The number of carbonyl (C=O) groups excluding carboxylic acids is 1. The number of H-pyrrole nitrogens is 1. The maximum absolute atomic E-state index is 13.5. The minimum Gasteiger partial charge on any atom is -0.337 e. The number of amides is 1. The molecule has 4 rings (SSSR count). The topological polar surface area (TPSA) is 61.9 Å². The van der Waals surface area contributed by atoms with E-state index in [1.54, 1.807) is 0 Å². The van der Waals surface area contributed by atoms with E-state index >= 15 is 0 Å². The van der Waals surface area contributed by atoms with Gasteiger partial charge in [0.2, 0.25) is 0 Å². The average molecular weight is 391 g/mol. The lowest BCUT2D eigenvalue weighted by molar-refractivity contribution is 0.0773. The molecule has 1 amide bonds. The first kappa shape index (κ1) is 18.4. The third kappa shape index (κ3) is 3.24. The molecule has 1 saturated carbocycles. The molecule has 5 nitrogen and oxygen atoms in total. The van der Waals surface area contributed by atoms with E-state index in [1.807, 2.05) is 4.90 Å². The Labute approximate surface area is 163 Å². The number of likely N-dealkylation sites (tertiary alicyclic amines) is 1. The first-order chi connectivity index (χ1) is 12.9. The van der Waals surface area contributed by atoms with Crippen molar-refractivity contribution in [3.05, 3.63) is 46.3 Å². The van der Waals surface area contributed by atoms with Crippen molar-refractivity contribution in [2.75, 3.05) is 13.1 Å². The molecule has 0 bridgehead atoms. The van der Waals surface area contributed by atoms with Gasteiger partial charge in [-0.1, -0.05) is 38.3 Å². The fraction of sp³-hybridized carbons (Fsp3) is 0.550. The molecule has 1 aliphatic carbocycles. The van der Waals surface area contributed by atoms with Gasteiger partial charge >= 0.3 is 0 Å². The number of aromatic nitrogens is 3. The van der Waals surface area contributed by atoms with Crippen molar-refractivity contribution in [1.82, 2.24) is 20.1 Å². The quantitative estimate of drug-likeness (QED) is 0.838. The fourth-order valence-corrected chi connectivity index (χ4v) is 4.78. The third-order valence-corrected chi connectivity index (χ3v) is 6.36. The zero-order valence-corrected chi connectivity index (χ0v) is 16.4. The molecule has 1 N–H and O–H groups in total. The van der Waals surface area contributed by atoms with E-state index in [2.05, 4.69) is 24.0 Å². The molecule has 1 unspecified atom stereocenters. The number of hydrogen-bond donors (Lipinski definition) is 1. The molecule has 27 heavy (non-hydrogen) atoms. The van der Waals surface area contributed by atoms with Crippen LogP contribution in [0.25, 0.3) is 0 Å². The van der Waals surface area contributed by atoms with E-state index in [9.17, 15) is 9.18 Å². The van der Waals surface area contributed by atoms with Crippen LogP contribution in [0.2, 0.25) is 5.02 Å². The molecular formula is C20H24ClFN4O. The molecule has 1 saturated heterocycles. The number of benzene rings is 1. The van der Waals surface area contributed by atoms with E-state index in [-0.39, 0.29) is 28.2 Å². The number of rotatable bonds is 3. The second-order valence-electron chi connectivity index (χ2n) is 8.17. The second-order valence-corrected chi connectivity index (χ2v) is 8.58. The van der Waals surface area contributed by atoms with Crippen molar-refractivity contribution in [3.8, 4) is 0 Å². The molecular weight excluding hydrogens is 367 g/mol. The summed E-state index contributed by atoms with van der Waals surface area (Å²) >= 11 is 5.87. The molecule has 1 aromatic heterocycles. The molecule has 1 atom stereocenters. The number of nitrogens with one attached hydrogen (secondary N) is 1. The molecule has 1 aromatic carbocycles. The summed E-state index contributed by atoms with van der Waals surface area (Å²) in [4.78, 5) is 19.6. The third-order valence-electron chi connectivity index (χ3n) is 6.07.